The van der Waals surface area contributed by atoms with Gasteiger partial charge in [-0.1, -0.05) is 6.07 Å². The summed E-state index contributed by atoms with van der Waals surface area (Å²) >= 11 is 0. The molecule has 0 saturated carbocycles. The topological polar surface area (TPSA) is 62.8 Å². The lowest BCUT2D eigenvalue weighted by atomic mass is 10.1. The fourth-order valence-corrected chi connectivity index (χ4v) is 4.27. The van der Waals surface area contributed by atoms with Crippen molar-refractivity contribution in [2.45, 2.75) is 18.9 Å². The number of ether oxygens (including phenoxy) is 2. The number of nitrogens with one attached hydrogen (secondary N) is 1. The van der Waals surface area contributed by atoms with Crippen LogP contribution in [0.15, 0.2) is 30.6 Å². The summed E-state index contributed by atoms with van der Waals surface area (Å²) in [6.07, 6.45) is 5.76. The third-order valence-electron chi connectivity index (χ3n) is 5.77. The highest BCUT2D eigenvalue weighted by Gasteiger charge is 2.27. The van der Waals surface area contributed by atoms with E-state index in [0.717, 1.165) is 69.6 Å². The molecule has 150 valence electrons. The van der Waals surface area contributed by atoms with E-state index in [0.29, 0.717) is 6.04 Å². The van der Waals surface area contributed by atoms with Crippen LogP contribution in [-0.4, -0.2) is 68.4 Å². The van der Waals surface area contributed by atoms with Gasteiger partial charge in [0.15, 0.2) is 11.5 Å². The molecule has 1 aromatic heterocycles. The summed E-state index contributed by atoms with van der Waals surface area (Å²) in [5, 5.41) is 3.74. The predicted octanol–water partition coefficient (Wildman–Crippen LogP) is 1.89. The van der Waals surface area contributed by atoms with E-state index in [-0.39, 0.29) is 0 Å². The molecule has 1 atom stereocenters. The van der Waals surface area contributed by atoms with Crippen LogP contribution in [-0.2, 0) is 6.42 Å². The van der Waals surface area contributed by atoms with Crippen LogP contribution in [0.25, 0.3) is 0 Å². The first-order valence-electron chi connectivity index (χ1n) is 10.0. The van der Waals surface area contributed by atoms with Gasteiger partial charge in [-0.15, -0.1) is 0 Å². The first-order valence-corrected chi connectivity index (χ1v) is 10.0. The van der Waals surface area contributed by atoms with Gasteiger partial charge in [0.1, 0.15) is 0 Å². The van der Waals surface area contributed by atoms with Gasteiger partial charge in [-0.2, -0.15) is 0 Å². The standard InChI is InChI=1S/C21H29N5O2/c1-27-19-7-5-16-17(20(19)28-2)4-6-18(16)22-10-11-25-12-14-26(15-13-25)21-23-8-3-9-24-21/h3,5,7-9,18,22H,4,6,10-15H2,1-2H3/t18-/m1/s1. The highest BCUT2D eigenvalue weighted by atomic mass is 16.5. The van der Waals surface area contributed by atoms with Crippen LogP contribution in [0.1, 0.15) is 23.6 Å². The second-order valence-electron chi connectivity index (χ2n) is 7.29. The number of anilines is 1. The number of methoxy groups -OCH3 is 2. The summed E-state index contributed by atoms with van der Waals surface area (Å²) in [6, 6.07) is 6.45. The molecule has 1 aliphatic carbocycles. The molecule has 1 N–H and O–H groups in total. The molecule has 1 aromatic carbocycles. The fraction of sp³-hybridized carbons (Fsp3) is 0.524. The van der Waals surface area contributed by atoms with Crippen molar-refractivity contribution in [2.75, 3.05) is 58.4 Å². The molecule has 7 nitrogen and oxygen atoms in total. The zero-order chi connectivity index (χ0) is 19.3. The molecule has 28 heavy (non-hydrogen) atoms. The third-order valence-corrected chi connectivity index (χ3v) is 5.77. The fourth-order valence-electron chi connectivity index (χ4n) is 4.27. The second kappa shape index (κ2) is 8.75. The van der Waals surface area contributed by atoms with Crippen LogP contribution >= 0.6 is 0 Å². The van der Waals surface area contributed by atoms with Crippen molar-refractivity contribution in [1.29, 1.82) is 0 Å². The van der Waals surface area contributed by atoms with Gasteiger partial charge in [0, 0.05) is 63.3 Å². The minimum absolute atomic E-state index is 0.397. The smallest absolute Gasteiger partial charge is 0.225 e. The lowest BCUT2D eigenvalue weighted by Crippen LogP contribution is -2.48. The van der Waals surface area contributed by atoms with Gasteiger partial charge in [-0.3, -0.25) is 4.90 Å². The zero-order valence-corrected chi connectivity index (χ0v) is 16.7. The van der Waals surface area contributed by atoms with Crippen LogP contribution in [0, 0.1) is 0 Å². The van der Waals surface area contributed by atoms with E-state index in [4.69, 9.17) is 9.47 Å². The van der Waals surface area contributed by atoms with Gasteiger partial charge in [-0.25, -0.2) is 9.97 Å². The Labute approximate surface area is 166 Å². The molecule has 2 heterocycles. The molecular formula is C21H29N5O2. The van der Waals surface area contributed by atoms with Gasteiger partial charge >= 0.3 is 0 Å². The van der Waals surface area contributed by atoms with Gasteiger partial charge in [0.2, 0.25) is 5.95 Å². The molecule has 2 aromatic rings. The summed E-state index contributed by atoms with van der Waals surface area (Å²) in [4.78, 5) is 13.5. The number of rotatable bonds is 7. The Balaban J connectivity index is 1.26. The summed E-state index contributed by atoms with van der Waals surface area (Å²) in [6.45, 7) is 6.10. The first kappa shape index (κ1) is 19.0. The number of benzene rings is 1. The lowest BCUT2D eigenvalue weighted by Gasteiger charge is -2.34. The number of hydrogen-bond donors (Lipinski definition) is 1. The first-order chi connectivity index (χ1) is 13.8. The largest absolute Gasteiger partial charge is 0.493 e. The average molecular weight is 383 g/mol. The lowest BCUT2D eigenvalue weighted by molar-refractivity contribution is 0.252. The van der Waals surface area contributed by atoms with Crippen LogP contribution in [0.2, 0.25) is 0 Å². The van der Waals surface area contributed by atoms with Crippen LogP contribution < -0.4 is 19.7 Å². The quantitative estimate of drug-likeness (QED) is 0.783. The maximum Gasteiger partial charge on any atom is 0.225 e. The minimum atomic E-state index is 0.397. The van der Waals surface area contributed by atoms with Crippen molar-refractivity contribution in [3.05, 3.63) is 41.7 Å². The molecule has 4 rings (SSSR count). The zero-order valence-electron chi connectivity index (χ0n) is 16.7. The summed E-state index contributed by atoms with van der Waals surface area (Å²) < 4.78 is 11.0. The minimum Gasteiger partial charge on any atom is -0.493 e. The Morgan fingerprint density at radius 1 is 1.07 bits per heavy atom. The van der Waals surface area contributed by atoms with E-state index >= 15 is 0 Å². The van der Waals surface area contributed by atoms with Crippen LogP contribution in [0.4, 0.5) is 5.95 Å². The number of hydrogen-bond acceptors (Lipinski definition) is 7. The highest BCUT2D eigenvalue weighted by Crippen LogP contribution is 2.42. The van der Waals surface area contributed by atoms with E-state index in [2.05, 4.69) is 31.2 Å². The van der Waals surface area contributed by atoms with E-state index in [1.54, 1.807) is 14.2 Å². The van der Waals surface area contributed by atoms with E-state index < -0.39 is 0 Å². The van der Waals surface area contributed by atoms with Gasteiger partial charge in [0.05, 0.1) is 14.2 Å². The summed E-state index contributed by atoms with van der Waals surface area (Å²) in [5.74, 6) is 2.55. The number of nitrogens with zero attached hydrogens (tertiary/aromatic N) is 4. The predicted molar refractivity (Wildman–Crippen MR) is 109 cm³/mol. The molecule has 0 amide bonds. The monoisotopic (exact) mass is 383 g/mol. The summed E-state index contributed by atoms with van der Waals surface area (Å²) in [5.41, 5.74) is 2.64. The van der Waals surface area contributed by atoms with Crippen molar-refractivity contribution < 1.29 is 9.47 Å². The SMILES string of the molecule is COc1ccc2c(c1OC)CC[C@H]2NCCN1CCN(c2ncccn2)CC1. The molecule has 0 bridgehead atoms. The Kier molecular flexibility index (Phi) is 5.92. The number of fused-ring (bicyclic) bond motifs is 1. The Morgan fingerprint density at radius 2 is 1.86 bits per heavy atom. The number of piperazine rings is 1. The van der Waals surface area contributed by atoms with Gasteiger partial charge in [-0.05, 0) is 30.5 Å². The highest BCUT2D eigenvalue weighted by molar-refractivity contribution is 5.53. The van der Waals surface area contributed by atoms with Crippen molar-refractivity contribution in [1.82, 2.24) is 20.2 Å². The Morgan fingerprint density at radius 3 is 2.57 bits per heavy atom. The normalized spacial score (nSPS) is 19.5. The van der Waals surface area contributed by atoms with Crippen molar-refractivity contribution in [3.8, 4) is 11.5 Å². The van der Waals surface area contributed by atoms with Crippen molar-refractivity contribution in [3.63, 3.8) is 0 Å². The van der Waals surface area contributed by atoms with E-state index in [1.165, 1.54) is 11.1 Å². The molecule has 0 unspecified atom stereocenters. The molecule has 1 aliphatic heterocycles. The van der Waals surface area contributed by atoms with E-state index in [1.807, 2.05) is 24.5 Å². The number of aromatic nitrogens is 2. The molecule has 7 heteroatoms. The van der Waals surface area contributed by atoms with Gasteiger partial charge < -0.3 is 19.7 Å². The Bertz CT molecular complexity index is 778. The molecule has 0 spiro atoms. The Hall–Kier alpha value is -2.38. The van der Waals surface area contributed by atoms with Crippen molar-refractivity contribution in [2.24, 2.45) is 0 Å². The summed E-state index contributed by atoms with van der Waals surface area (Å²) in [7, 11) is 3.41. The maximum absolute atomic E-state index is 5.60. The van der Waals surface area contributed by atoms with Crippen LogP contribution in [0.3, 0.4) is 0 Å². The van der Waals surface area contributed by atoms with Gasteiger partial charge in [0.25, 0.3) is 0 Å². The average Bonchev–Trinajstić information content (AvgIpc) is 3.17. The van der Waals surface area contributed by atoms with Crippen molar-refractivity contribution >= 4 is 5.95 Å². The van der Waals surface area contributed by atoms with Crippen LogP contribution in [0.5, 0.6) is 11.5 Å². The second-order valence-corrected chi connectivity index (χ2v) is 7.29. The molecule has 0 radical (unpaired) electrons. The van der Waals surface area contributed by atoms with E-state index in [9.17, 15) is 0 Å². The molecule has 2 aliphatic rings. The molecule has 1 fully saturated rings. The third kappa shape index (κ3) is 3.91. The maximum atomic E-state index is 5.60. The molecular weight excluding hydrogens is 354 g/mol. The molecule has 1 saturated heterocycles.